The Kier molecular flexibility index (Phi) is 6.02. The summed E-state index contributed by atoms with van der Waals surface area (Å²) in [6.07, 6.45) is 2.82. The van der Waals surface area contributed by atoms with Gasteiger partial charge in [0.15, 0.2) is 11.9 Å². The van der Waals surface area contributed by atoms with E-state index in [0.717, 1.165) is 12.0 Å². The maximum absolute atomic E-state index is 14.2. The molecule has 10 nitrogen and oxygen atoms in total. The fraction of sp³-hybridized carbons (Fsp3) is 0.692. The molecule has 1 aromatic heterocycles. The molecule has 3 heterocycles. The Balaban J connectivity index is 1.70. The Labute approximate surface area is 208 Å². The van der Waals surface area contributed by atoms with Gasteiger partial charge in [0.2, 0.25) is 6.29 Å². The molecule has 0 amide bonds. The number of esters is 3. The van der Waals surface area contributed by atoms with E-state index in [2.05, 4.69) is 0 Å². The van der Waals surface area contributed by atoms with E-state index >= 15 is 0 Å². The lowest BCUT2D eigenvalue weighted by molar-refractivity contribution is -0.258. The second-order valence-corrected chi connectivity index (χ2v) is 10.6. The van der Waals surface area contributed by atoms with Gasteiger partial charge in [-0.05, 0) is 31.2 Å². The molecule has 0 N–H and O–H groups in total. The van der Waals surface area contributed by atoms with E-state index in [4.69, 9.17) is 28.1 Å². The molecule has 1 aromatic rings. The number of epoxide rings is 1. The molecule has 0 radical (unpaired) electrons. The summed E-state index contributed by atoms with van der Waals surface area (Å²) < 4.78 is 34.8. The molecule has 0 aromatic carbocycles. The summed E-state index contributed by atoms with van der Waals surface area (Å²) in [6, 6.07) is 1.78. The van der Waals surface area contributed by atoms with E-state index in [1.807, 2.05) is 0 Å². The maximum atomic E-state index is 14.2. The number of carbonyl (C=O) groups excluding carboxylic acids is 4. The average Bonchev–Trinajstić information content (AvgIpc) is 3.23. The number of rotatable bonds is 5. The standard InChI is InChI=1S/C26H32O10/c1-14-21(30)22(34-16(3)28)26(13-32-15(2)27)20(6-5-8-24(26)12-33-24)25(14)10-19(18-7-9-31-11-18)36-23(25)35-17(4)29/h7,9,11,14,19-20,22-23H,5-6,8,10,12-13H2,1-4H3. The number of fused-ring (bicyclic) bond motifs is 3. The van der Waals surface area contributed by atoms with E-state index in [1.54, 1.807) is 19.3 Å². The number of carbonyl (C=O) groups is 4. The summed E-state index contributed by atoms with van der Waals surface area (Å²) >= 11 is 0. The predicted octanol–water partition coefficient (Wildman–Crippen LogP) is 2.89. The number of Topliss-reactive ketones (excluding diaryl/α,β-unsaturated/α-hetero) is 1. The van der Waals surface area contributed by atoms with Crippen molar-refractivity contribution in [1.82, 2.24) is 0 Å². The summed E-state index contributed by atoms with van der Waals surface area (Å²) in [4.78, 5) is 50.7. The highest BCUT2D eigenvalue weighted by molar-refractivity contribution is 5.90. The van der Waals surface area contributed by atoms with Crippen molar-refractivity contribution in [3.63, 3.8) is 0 Å². The van der Waals surface area contributed by atoms with Gasteiger partial charge in [-0.25, -0.2) is 0 Å². The molecular weight excluding hydrogens is 472 g/mol. The second-order valence-electron chi connectivity index (χ2n) is 10.6. The molecule has 2 saturated heterocycles. The molecule has 8 unspecified atom stereocenters. The largest absolute Gasteiger partial charge is 0.472 e. The van der Waals surface area contributed by atoms with Crippen LogP contribution in [0.25, 0.3) is 0 Å². The number of hydrogen-bond donors (Lipinski definition) is 0. The van der Waals surface area contributed by atoms with Gasteiger partial charge >= 0.3 is 17.9 Å². The van der Waals surface area contributed by atoms with Gasteiger partial charge in [0, 0.05) is 37.7 Å². The lowest BCUT2D eigenvalue weighted by atomic mass is 9.42. The minimum absolute atomic E-state index is 0.158. The highest BCUT2D eigenvalue weighted by atomic mass is 16.7. The van der Waals surface area contributed by atoms with Gasteiger partial charge in [0.1, 0.15) is 12.2 Å². The molecule has 4 fully saturated rings. The van der Waals surface area contributed by atoms with Crippen molar-refractivity contribution in [2.75, 3.05) is 13.2 Å². The minimum atomic E-state index is -1.17. The zero-order valence-corrected chi connectivity index (χ0v) is 20.9. The molecule has 2 spiro atoms. The van der Waals surface area contributed by atoms with E-state index in [-0.39, 0.29) is 18.3 Å². The highest BCUT2D eigenvalue weighted by Crippen LogP contribution is 2.71. The normalized spacial score (nSPS) is 41.1. The van der Waals surface area contributed by atoms with E-state index in [0.29, 0.717) is 25.9 Å². The summed E-state index contributed by atoms with van der Waals surface area (Å²) in [5.41, 5.74) is -2.16. The predicted molar refractivity (Wildman–Crippen MR) is 120 cm³/mol. The maximum Gasteiger partial charge on any atom is 0.304 e. The molecule has 2 saturated carbocycles. The Morgan fingerprint density at radius 3 is 2.42 bits per heavy atom. The van der Waals surface area contributed by atoms with Crippen LogP contribution in [-0.4, -0.2) is 54.9 Å². The second kappa shape index (κ2) is 8.69. The summed E-state index contributed by atoms with van der Waals surface area (Å²) in [7, 11) is 0. The zero-order chi connectivity index (χ0) is 25.9. The van der Waals surface area contributed by atoms with Crippen LogP contribution in [-0.2, 0) is 42.9 Å². The van der Waals surface area contributed by atoms with Crippen molar-refractivity contribution < 1.29 is 47.3 Å². The zero-order valence-electron chi connectivity index (χ0n) is 20.9. The molecule has 2 aliphatic heterocycles. The first-order valence-electron chi connectivity index (χ1n) is 12.4. The van der Waals surface area contributed by atoms with Crippen LogP contribution in [0.4, 0.5) is 0 Å². The van der Waals surface area contributed by atoms with Gasteiger partial charge in [-0.3, -0.25) is 19.2 Å². The molecular formula is C26H32O10. The van der Waals surface area contributed by atoms with Gasteiger partial charge in [0.05, 0.1) is 30.7 Å². The summed E-state index contributed by atoms with van der Waals surface area (Å²) in [5, 5.41) is 0. The number of ether oxygens (including phenoxy) is 5. The van der Waals surface area contributed by atoms with Gasteiger partial charge in [-0.1, -0.05) is 13.3 Å². The fourth-order valence-corrected chi connectivity index (χ4v) is 7.35. The van der Waals surface area contributed by atoms with Crippen molar-refractivity contribution >= 4 is 23.7 Å². The Morgan fingerprint density at radius 1 is 1.11 bits per heavy atom. The minimum Gasteiger partial charge on any atom is -0.472 e. The Morgan fingerprint density at radius 2 is 1.83 bits per heavy atom. The van der Waals surface area contributed by atoms with Crippen molar-refractivity contribution in [3.8, 4) is 0 Å². The average molecular weight is 505 g/mol. The van der Waals surface area contributed by atoms with Crippen molar-refractivity contribution in [2.24, 2.45) is 22.7 Å². The first-order valence-corrected chi connectivity index (χ1v) is 12.4. The van der Waals surface area contributed by atoms with Crippen molar-refractivity contribution in [3.05, 3.63) is 24.2 Å². The molecule has 8 atom stereocenters. The lowest BCUT2D eigenvalue weighted by Crippen LogP contribution is -2.72. The number of furan rings is 1. The third kappa shape index (κ3) is 3.52. The SMILES string of the molecule is CC(=O)OCC12C(OC(C)=O)C(=O)C(C)C3(CC(c4ccoc4)OC3OC(C)=O)C1CCCC21CO1. The quantitative estimate of drug-likeness (QED) is 0.335. The van der Waals surface area contributed by atoms with Gasteiger partial charge < -0.3 is 28.1 Å². The molecule has 196 valence electrons. The van der Waals surface area contributed by atoms with Crippen LogP contribution >= 0.6 is 0 Å². The molecule has 5 rings (SSSR count). The van der Waals surface area contributed by atoms with Gasteiger partial charge in [-0.2, -0.15) is 0 Å². The fourth-order valence-electron chi connectivity index (χ4n) is 7.35. The topological polar surface area (TPSA) is 131 Å². The van der Waals surface area contributed by atoms with Crippen LogP contribution in [0.2, 0.25) is 0 Å². The first-order chi connectivity index (χ1) is 17.1. The van der Waals surface area contributed by atoms with Gasteiger partial charge in [-0.15, -0.1) is 0 Å². The highest BCUT2D eigenvalue weighted by Gasteiger charge is 2.80. The van der Waals surface area contributed by atoms with Crippen molar-refractivity contribution in [1.29, 1.82) is 0 Å². The number of hydrogen-bond acceptors (Lipinski definition) is 10. The summed E-state index contributed by atoms with van der Waals surface area (Å²) in [6.45, 7) is 5.83. The Hall–Kier alpha value is -2.72. The molecule has 0 bridgehead atoms. The number of ketones is 1. The van der Waals surface area contributed by atoms with Crippen LogP contribution < -0.4 is 0 Å². The first kappa shape index (κ1) is 25.0. The molecule has 36 heavy (non-hydrogen) atoms. The lowest BCUT2D eigenvalue weighted by Gasteiger charge is -2.62. The molecule has 4 aliphatic rings. The molecule has 10 heteroatoms. The van der Waals surface area contributed by atoms with Crippen LogP contribution in [0.3, 0.4) is 0 Å². The summed E-state index contributed by atoms with van der Waals surface area (Å²) in [5.74, 6) is -3.03. The van der Waals surface area contributed by atoms with Crippen LogP contribution in [0.5, 0.6) is 0 Å². The van der Waals surface area contributed by atoms with E-state index in [1.165, 1.54) is 27.0 Å². The third-order valence-corrected chi connectivity index (χ3v) is 8.90. The van der Waals surface area contributed by atoms with Crippen LogP contribution in [0, 0.1) is 22.7 Å². The Bertz CT molecular complexity index is 1060. The van der Waals surface area contributed by atoms with Crippen molar-refractivity contribution in [2.45, 2.75) is 77.5 Å². The van der Waals surface area contributed by atoms with Crippen LogP contribution in [0.1, 0.15) is 65.0 Å². The smallest absolute Gasteiger partial charge is 0.304 e. The van der Waals surface area contributed by atoms with Gasteiger partial charge in [0.25, 0.3) is 0 Å². The van der Waals surface area contributed by atoms with E-state index < -0.39 is 58.8 Å². The molecule has 2 aliphatic carbocycles. The monoisotopic (exact) mass is 504 g/mol. The third-order valence-electron chi connectivity index (χ3n) is 8.90. The van der Waals surface area contributed by atoms with E-state index in [9.17, 15) is 19.2 Å². The van der Waals surface area contributed by atoms with Crippen LogP contribution in [0.15, 0.2) is 23.0 Å².